The monoisotopic (exact) mass is 452 g/mol. The number of imide groups is 1. The first kappa shape index (κ1) is 23.8. The Balaban J connectivity index is 1.48. The van der Waals surface area contributed by atoms with Crippen LogP contribution in [0.2, 0.25) is 0 Å². The molecule has 0 bridgehead atoms. The number of carbonyl (C=O) groups is 4. The van der Waals surface area contributed by atoms with Crippen LogP contribution in [0.25, 0.3) is 0 Å². The highest BCUT2D eigenvalue weighted by Gasteiger charge is 2.28. The molecule has 0 atom stereocenters. The molecular formula is C24H28N4O5. The zero-order valence-corrected chi connectivity index (χ0v) is 19.0. The molecule has 9 nitrogen and oxygen atoms in total. The molecule has 3 rings (SSSR count). The van der Waals surface area contributed by atoms with Crippen molar-refractivity contribution in [3.8, 4) is 0 Å². The van der Waals surface area contributed by atoms with Crippen molar-refractivity contribution in [3.63, 3.8) is 0 Å². The molecule has 1 saturated heterocycles. The average Bonchev–Trinajstić information content (AvgIpc) is 3.11. The number of nitrogens with zero attached hydrogens (tertiary/aromatic N) is 2. The summed E-state index contributed by atoms with van der Waals surface area (Å²) in [4.78, 5) is 51.0. The number of esters is 1. The van der Waals surface area contributed by atoms with Gasteiger partial charge in [0.25, 0.3) is 5.91 Å². The summed E-state index contributed by atoms with van der Waals surface area (Å²) in [7, 11) is 0. The first-order chi connectivity index (χ1) is 15.8. The summed E-state index contributed by atoms with van der Waals surface area (Å²) in [5, 5.41) is 5.16. The van der Waals surface area contributed by atoms with Crippen molar-refractivity contribution in [3.05, 3.63) is 59.7 Å². The van der Waals surface area contributed by atoms with E-state index < -0.39 is 24.5 Å². The summed E-state index contributed by atoms with van der Waals surface area (Å²) < 4.78 is 5.09. The molecule has 174 valence electrons. The zero-order chi connectivity index (χ0) is 24.0. The molecule has 2 aromatic rings. The molecule has 1 aliphatic rings. The molecule has 0 aromatic heterocycles. The van der Waals surface area contributed by atoms with Crippen LogP contribution in [0, 0.1) is 0 Å². The molecule has 33 heavy (non-hydrogen) atoms. The summed E-state index contributed by atoms with van der Waals surface area (Å²) in [6.45, 7) is 6.90. The Morgan fingerprint density at radius 3 is 2.30 bits per heavy atom. The van der Waals surface area contributed by atoms with E-state index in [4.69, 9.17) is 4.74 Å². The molecule has 1 aliphatic heterocycles. The van der Waals surface area contributed by atoms with Crippen LogP contribution >= 0.6 is 0 Å². The maximum Gasteiger partial charge on any atom is 0.338 e. The number of urea groups is 1. The molecule has 1 heterocycles. The van der Waals surface area contributed by atoms with E-state index in [1.165, 1.54) is 12.1 Å². The lowest BCUT2D eigenvalue weighted by Crippen LogP contribution is -2.30. The molecule has 0 saturated carbocycles. The Kier molecular flexibility index (Phi) is 7.66. The molecule has 0 unspecified atom stereocenters. The van der Waals surface area contributed by atoms with Gasteiger partial charge in [0.05, 0.1) is 18.7 Å². The van der Waals surface area contributed by atoms with Gasteiger partial charge in [0.15, 0.2) is 6.61 Å². The van der Waals surface area contributed by atoms with E-state index in [1.807, 2.05) is 24.3 Å². The van der Waals surface area contributed by atoms with Gasteiger partial charge in [0, 0.05) is 24.0 Å². The van der Waals surface area contributed by atoms with E-state index >= 15 is 0 Å². The van der Waals surface area contributed by atoms with Gasteiger partial charge in [-0.15, -0.1) is 0 Å². The van der Waals surface area contributed by atoms with Crippen molar-refractivity contribution in [2.24, 2.45) is 0 Å². The molecule has 0 radical (unpaired) electrons. The van der Waals surface area contributed by atoms with Gasteiger partial charge in [-0.3, -0.25) is 14.5 Å². The third-order valence-corrected chi connectivity index (χ3v) is 5.25. The van der Waals surface area contributed by atoms with Crippen molar-refractivity contribution < 1.29 is 23.9 Å². The fraction of sp³-hybridized carbons (Fsp3) is 0.333. The van der Waals surface area contributed by atoms with Gasteiger partial charge >= 0.3 is 12.0 Å². The van der Waals surface area contributed by atoms with Crippen molar-refractivity contribution in [2.75, 3.05) is 29.9 Å². The maximum absolute atomic E-state index is 12.2. The second-order valence-electron chi connectivity index (χ2n) is 7.89. The van der Waals surface area contributed by atoms with Gasteiger partial charge in [-0.25, -0.2) is 9.59 Å². The van der Waals surface area contributed by atoms with E-state index in [0.717, 1.165) is 17.1 Å². The predicted molar refractivity (Wildman–Crippen MR) is 124 cm³/mol. The third kappa shape index (κ3) is 6.09. The summed E-state index contributed by atoms with van der Waals surface area (Å²) in [6, 6.07) is 13.7. The minimum absolute atomic E-state index is 0.00934. The highest BCUT2D eigenvalue weighted by Crippen LogP contribution is 2.20. The number of anilines is 2. The number of amides is 4. The topological polar surface area (TPSA) is 108 Å². The number of carbonyl (C=O) groups excluding carboxylic acids is 4. The van der Waals surface area contributed by atoms with E-state index in [0.29, 0.717) is 17.3 Å². The normalized spacial score (nSPS) is 13.2. The molecule has 9 heteroatoms. The molecule has 4 amide bonds. The Bertz CT molecular complexity index is 1000. The van der Waals surface area contributed by atoms with Crippen LogP contribution in [0.4, 0.5) is 16.2 Å². The highest BCUT2D eigenvalue weighted by atomic mass is 16.5. The largest absolute Gasteiger partial charge is 0.452 e. The standard InChI is InChI=1S/C24H28N4O5/c1-4-27(16(2)3)20-11-9-19(10-12-20)26-21(29)15-33-23(31)18-7-5-17(6-8-18)14-28-22(30)13-25-24(28)32/h5-12,16H,4,13-15H2,1-3H3,(H,25,32)(H,26,29). The molecule has 1 fully saturated rings. The van der Waals surface area contributed by atoms with Crippen LogP contribution in [0.1, 0.15) is 36.7 Å². The van der Waals surface area contributed by atoms with Gasteiger partial charge in [-0.1, -0.05) is 12.1 Å². The van der Waals surface area contributed by atoms with Crippen LogP contribution in [-0.4, -0.2) is 54.5 Å². The van der Waals surface area contributed by atoms with Crippen molar-refractivity contribution >= 4 is 35.2 Å². The number of benzene rings is 2. The number of nitrogens with one attached hydrogen (secondary N) is 2. The molecule has 2 aromatic carbocycles. The molecule has 0 aliphatic carbocycles. The van der Waals surface area contributed by atoms with E-state index in [1.54, 1.807) is 12.1 Å². The molecule has 0 spiro atoms. The van der Waals surface area contributed by atoms with Crippen molar-refractivity contribution in [1.29, 1.82) is 0 Å². The third-order valence-electron chi connectivity index (χ3n) is 5.25. The minimum Gasteiger partial charge on any atom is -0.452 e. The lowest BCUT2D eigenvalue weighted by Gasteiger charge is -2.27. The SMILES string of the molecule is CCN(c1ccc(NC(=O)COC(=O)c2ccc(CN3C(=O)CNC3=O)cc2)cc1)C(C)C. The zero-order valence-electron chi connectivity index (χ0n) is 19.0. The molecule has 2 N–H and O–H groups in total. The fourth-order valence-corrected chi connectivity index (χ4v) is 3.54. The Morgan fingerprint density at radius 1 is 1.09 bits per heavy atom. The number of ether oxygens (including phenoxy) is 1. The summed E-state index contributed by atoms with van der Waals surface area (Å²) in [6.07, 6.45) is 0. The lowest BCUT2D eigenvalue weighted by molar-refractivity contribution is -0.125. The van der Waals surface area contributed by atoms with Crippen molar-refractivity contribution in [2.45, 2.75) is 33.4 Å². The Labute approximate surface area is 192 Å². The molecular weight excluding hydrogens is 424 g/mol. The van der Waals surface area contributed by atoms with Gasteiger partial charge in [-0.05, 0) is 62.7 Å². The maximum atomic E-state index is 12.2. The van der Waals surface area contributed by atoms with Crippen LogP contribution in [0.3, 0.4) is 0 Å². The second-order valence-corrected chi connectivity index (χ2v) is 7.89. The van der Waals surface area contributed by atoms with E-state index in [-0.39, 0.29) is 24.6 Å². The van der Waals surface area contributed by atoms with Gasteiger partial charge in [-0.2, -0.15) is 0 Å². The second kappa shape index (κ2) is 10.6. The first-order valence-corrected chi connectivity index (χ1v) is 10.8. The van der Waals surface area contributed by atoms with Crippen LogP contribution in [0.15, 0.2) is 48.5 Å². The minimum atomic E-state index is -0.641. The highest BCUT2D eigenvalue weighted by molar-refractivity contribution is 6.01. The van der Waals surface area contributed by atoms with Crippen LogP contribution in [-0.2, 0) is 20.9 Å². The van der Waals surface area contributed by atoms with Gasteiger partial charge < -0.3 is 20.3 Å². The number of hydrogen-bond donors (Lipinski definition) is 2. The van der Waals surface area contributed by atoms with Crippen LogP contribution < -0.4 is 15.5 Å². The lowest BCUT2D eigenvalue weighted by atomic mass is 10.1. The summed E-state index contributed by atoms with van der Waals surface area (Å²) in [5.41, 5.74) is 2.64. The smallest absolute Gasteiger partial charge is 0.338 e. The number of rotatable bonds is 9. The Hall–Kier alpha value is -3.88. The quantitative estimate of drug-likeness (QED) is 0.447. The number of hydrogen-bond acceptors (Lipinski definition) is 6. The Morgan fingerprint density at radius 2 is 1.76 bits per heavy atom. The summed E-state index contributed by atoms with van der Waals surface area (Å²) >= 11 is 0. The van der Waals surface area contributed by atoms with Crippen molar-refractivity contribution in [1.82, 2.24) is 10.2 Å². The average molecular weight is 453 g/mol. The van der Waals surface area contributed by atoms with Gasteiger partial charge in [0.2, 0.25) is 5.91 Å². The van der Waals surface area contributed by atoms with Gasteiger partial charge in [0.1, 0.15) is 0 Å². The fourth-order valence-electron chi connectivity index (χ4n) is 3.54. The van der Waals surface area contributed by atoms with E-state index in [9.17, 15) is 19.2 Å². The first-order valence-electron chi connectivity index (χ1n) is 10.8. The predicted octanol–water partition coefficient (Wildman–Crippen LogP) is 2.77. The van der Waals surface area contributed by atoms with E-state index in [2.05, 4.69) is 36.3 Å². The van der Waals surface area contributed by atoms with Crippen LogP contribution in [0.5, 0.6) is 0 Å². The summed E-state index contributed by atoms with van der Waals surface area (Å²) in [5.74, 6) is -1.38.